The van der Waals surface area contributed by atoms with E-state index >= 15 is 0 Å². The van der Waals surface area contributed by atoms with Crippen LogP contribution in [0.5, 0.6) is 0 Å². The van der Waals surface area contributed by atoms with Crippen LogP contribution in [0.25, 0.3) is 11.2 Å². The number of rotatable bonds is 5. The summed E-state index contributed by atoms with van der Waals surface area (Å²) in [5, 5.41) is 13.0. The molecule has 20 heavy (non-hydrogen) atoms. The highest BCUT2D eigenvalue weighted by atomic mass is 32.2. The van der Waals surface area contributed by atoms with E-state index in [0.717, 1.165) is 17.3 Å². The van der Waals surface area contributed by atoms with Crippen molar-refractivity contribution in [1.29, 1.82) is 0 Å². The first-order valence-electron chi connectivity index (χ1n) is 5.79. The van der Waals surface area contributed by atoms with E-state index in [-0.39, 0.29) is 5.75 Å². The van der Waals surface area contributed by atoms with Gasteiger partial charge in [0.05, 0.1) is 18.5 Å². The van der Waals surface area contributed by atoms with Gasteiger partial charge in [-0.05, 0) is 12.1 Å². The molecule has 0 fully saturated rings. The van der Waals surface area contributed by atoms with E-state index in [1.807, 2.05) is 10.6 Å². The molecule has 3 aromatic heterocycles. The van der Waals surface area contributed by atoms with Gasteiger partial charge in [-0.2, -0.15) is 0 Å². The monoisotopic (exact) mass is 290 g/mol. The van der Waals surface area contributed by atoms with Crippen LogP contribution in [0.2, 0.25) is 0 Å². The number of fused-ring (bicyclic) bond motifs is 1. The first-order chi connectivity index (χ1) is 9.74. The number of imidazole rings is 1. The molecule has 8 heteroatoms. The first-order valence-corrected chi connectivity index (χ1v) is 6.78. The van der Waals surface area contributed by atoms with E-state index in [2.05, 4.69) is 15.1 Å². The van der Waals surface area contributed by atoms with Crippen molar-refractivity contribution < 1.29 is 14.4 Å². The summed E-state index contributed by atoms with van der Waals surface area (Å²) in [6.07, 6.45) is 3.23. The maximum Gasteiger partial charge on any atom is 0.313 e. The van der Waals surface area contributed by atoms with Crippen molar-refractivity contribution in [3.8, 4) is 0 Å². The van der Waals surface area contributed by atoms with Crippen LogP contribution < -0.4 is 0 Å². The van der Waals surface area contributed by atoms with Gasteiger partial charge in [-0.3, -0.25) is 9.36 Å². The zero-order chi connectivity index (χ0) is 13.9. The summed E-state index contributed by atoms with van der Waals surface area (Å²) >= 11 is 1.15. The van der Waals surface area contributed by atoms with Gasteiger partial charge in [-0.15, -0.1) is 0 Å². The van der Waals surface area contributed by atoms with E-state index in [1.54, 1.807) is 24.5 Å². The Kier molecular flexibility index (Phi) is 3.38. The molecule has 0 unspecified atom stereocenters. The molecule has 0 aromatic carbocycles. The van der Waals surface area contributed by atoms with Gasteiger partial charge in [0.1, 0.15) is 5.52 Å². The van der Waals surface area contributed by atoms with Gasteiger partial charge >= 0.3 is 5.97 Å². The number of pyridine rings is 1. The number of nitrogens with zero attached hydrogens (tertiary/aromatic N) is 4. The molecule has 3 aromatic rings. The molecule has 3 rings (SSSR count). The molecule has 0 amide bonds. The molecule has 3 heterocycles. The largest absolute Gasteiger partial charge is 0.481 e. The third-order valence-corrected chi connectivity index (χ3v) is 3.56. The Bertz CT molecular complexity index is 738. The Labute approximate surface area is 117 Å². The maximum absolute atomic E-state index is 10.7. The Morgan fingerprint density at radius 1 is 1.40 bits per heavy atom. The summed E-state index contributed by atoms with van der Waals surface area (Å²) in [4.78, 5) is 19.4. The van der Waals surface area contributed by atoms with E-state index in [0.29, 0.717) is 23.1 Å². The van der Waals surface area contributed by atoms with Gasteiger partial charge in [-0.25, -0.2) is 9.97 Å². The molecule has 7 nitrogen and oxygen atoms in total. The Morgan fingerprint density at radius 2 is 2.30 bits per heavy atom. The molecule has 0 radical (unpaired) electrons. The summed E-state index contributed by atoms with van der Waals surface area (Å²) in [5.74, 6) is -0.284. The normalized spacial score (nSPS) is 11.0. The van der Waals surface area contributed by atoms with Gasteiger partial charge in [0.2, 0.25) is 0 Å². The molecule has 0 atom stereocenters. The number of carboxylic acids is 1. The minimum absolute atomic E-state index is 0.0558. The van der Waals surface area contributed by atoms with Gasteiger partial charge < -0.3 is 9.63 Å². The number of hydrogen-bond donors (Lipinski definition) is 1. The summed E-state index contributed by atoms with van der Waals surface area (Å²) in [6.45, 7) is 0.412. The highest BCUT2D eigenvalue weighted by Gasteiger charge is 2.14. The zero-order valence-corrected chi connectivity index (χ0v) is 11.1. The second-order valence-electron chi connectivity index (χ2n) is 3.99. The van der Waals surface area contributed by atoms with Gasteiger partial charge in [0, 0.05) is 12.3 Å². The quantitative estimate of drug-likeness (QED) is 0.714. The van der Waals surface area contributed by atoms with Crippen molar-refractivity contribution in [1.82, 2.24) is 19.7 Å². The van der Waals surface area contributed by atoms with E-state index in [9.17, 15) is 4.79 Å². The van der Waals surface area contributed by atoms with Crippen molar-refractivity contribution in [2.24, 2.45) is 0 Å². The lowest BCUT2D eigenvalue weighted by Gasteiger charge is -2.04. The van der Waals surface area contributed by atoms with Crippen LogP contribution in [-0.2, 0) is 11.3 Å². The fraction of sp³-hybridized carbons (Fsp3) is 0.167. The Hall–Kier alpha value is -2.35. The molecule has 102 valence electrons. The molecule has 0 saturated carbocycles. The third kappa shape index (κ3) is 2.50. The maximum atomic E-state index is 10.7. The van der Waals surface area contributed by atoms with Crippen LogP contribution in [-0.4, -0.2) is 36.5 Å². The third-order valence-electron chi connectivity index (χ3n) is 2.60. The topological polar surface area (TPSA) is 94.0 Å². The zero-order valence-electron chi connectivity index (χ0n) is 10.3. The second kappa shape index (κ2) is 5.33. The molecule has 1 N–H and O–H groups in total. The van der Waals surface area contributed by atoms with Crippen LogP contribution in [0.1, 0.15) is 5.76 Å². The van der Waals surface area contributed by atoms with Gasteiger partial charge in [0.15, 0.2) is 16.6 Å². The number of aromatic nitrogens is 4. The number of hydrogen-bond acceptors (Lipinski definition) is 6. The molecular formula is C12H10N4O3S. The highest BCUT2D eigenvalue weighted by Crippen LogP contribution is 2.23. The summed E-state index contributed by atoms with van der Waals surface area (Å²) in [7, 11) is 0. The van der Waals surface area contributed by atoms with Crippen molar-refractivity contribution in [3.05, 3.63) is 36.4 Å². The lowest BCUT2D eigenvalue weighted by atomic mass is 10.4. The van der Waals surface area contributed by atoms with Crippen LogP contribution in [0, 0.1) is 0 Å². The fourth-order valence-corrected chi connectivity index (χ4v) is 2.52. The van der Waals surface area contributed by atoms with Crippen LogP contribution in [0.4, 0.5) is 0 Å². The predicted octanol–water partition coefficient (Wildman–Crippen LogP) is 1.64. The number of carboxylic acid groups (broad SMARTS) is 1. The lowest BCUT2D eigenvalue weighted by molar-refractivity contribution is -0.133. The highest BCUT2D eigenvalue weighted by molar-refractivity contribution is 7.99. The average Bonchev–Trinajstić information content (AvgIpc) is 3.05. The summed E-state index contributed by atoms with van der Waals surface area (Å²) in [5.41, 5.74) is 1.41. The minimum atomic E-state index is -0.888. The molecule has 0 saturated heterocycles. The Morgan fingerprint density at radius 3 is 3.05 bits per heavy atom. The van der Waals surface area contributed by atoms with Gasteiger partial charge in [-0.1, -0.05) is 16.9 Å². The molecule has 0 aliphatic rings. The second-order valence-corrected chi connectivity index (χ2v) is 4.93. The standard InChI is InChI=1S/C12H10N4O3S/c17-10(18)7-20-12-15-9-2-1-4-13-11(9)16(12)6-8-3-5-14-19-8/h1-5H,6-7H2,(H,17,18). The van der Waals surface area contributed by atoms with Gasteiger partial charge in [0.25, 0.3) is 0 Å². The fourth-order valence-electron chi connectivity index (χ4n) is 1.80. The van der Waals surface area contributed by atoms with E-state index < -0.39 is 5.97 Å². The SMILES string of the molecule is O=C(O)CSc1nc2cccnc2n1Cc1ccno1. The molecule has 0 bridgehead atoms. The van der Waals surface area contributed by atoms with Crippen LogP contribution >= 0.6 is 11.8 Å². The summed E-state index contributed by atoms with van der Waals surface area (Å²) in [6, 6.07) is 5.38. The summed E-state index contributed by atoms with van der Waals surface area (Å²) < 4.78 is 6.91. The number of aliphatic carboxylic acids is 1. The first kappa shape index (κ1) is 12.7. The molecule has 0 spiro atoms. The Balaban J connectivity index is 2.01. The lowest BCUT2D eigenvalue weighted by Crippen LogP contribution is -2.04. The van der Waals surface area contributed by atoms with Crippen molar-refractivity contribution >= 4 is 28.9 Å². The van der Waals surface area contributed by atoms with E-state index in [1.165, 1.54) is 0 Å². The number of carbonyl (C=O) groups is 1. The van der Waals surface area contributed by atoms with Crippen LogP contribution in [0.15, 0.2) is 40.3 Å². The van der Waals surface area contributed by atoms with Crippen molar-refractivity contribution in [2.45, 2.75) is 11.7 Å². The van der Waals surface area contributed by atoms with Crippen molar-refractivity contribution in [2.75, 3.05) is 5.75 Å². The minimum Gasteiger partial charge on any atom is -0.481 e. The molecule has 0 aliphatic carbocycles. The smallest absolute Gasteiger partial charge is 0.313 e. The van der Waals surface area contributed by atoms with Crippen molar-refractivity contribution in [3.63, 3.8) is 0 Å². The van der Waals surface area contributed by atoms with Crippen LogP contribution in [0.3, 0.4) is 0 Å². The number of thioether (sulfide) groups is 1. The predicted molar refractivity (Wildman–Crippen MR) is 71.5 cm³/mol. The molecular weight excluding hydrogens is 280 g/mol. The van der Waals surface area contributed by atoms with E-state index in [4.69, 9.17) is 9.63 Å². The molecule has 0 aliphatic heterocycles. The average molecular weight is 290 g/mol.